The Kier molecular flexibility index (Phi) is 4.30. The van der Waals surface area contributed by atoms with Gasteiger partial charge in [-0.15, -0.1) is 0 Å². The number of halogens is 1. The lowest BCUT2D eigenvalue weighted by molar-refractivity contribution is 0.374. The first kappa shape index (κ1) is 15.2. The van der Waals surface area contributed by atoms with Crippen molar-refractivity contribution >= 4 is 17.3 Å². The Morgan fingerprint density at radius 3 is 2.75 bits per heavy atom. The predicted octanol–water partition coefficient (Wildman–Crippen LogP) is 5.10. The second kappa shape index (κ2) is 5.66. The maximum atomic E-state index is 9.17. The highest BCUT2D eigenvalue weighted by molar-refractivity contribution is 6.32. The second-order valence-corrected chi connectivity index (χ2v) is 6.83. The van der Waals surface area contributed by atoms with Crippen molar-refractivity contribution < 1.29 is 0 Å². The maximum absolute atomic E-state index is 9.17. The topological polar surface area (TPSA) is 27.0 Å². The Balaban J connectivity index is 2.52. The summed E-state index contributed by atoms with van der Waals surface area (Å²) >= 11 is 6.25. The zero-order valence-corrected chi connectivity index (χ0v) is 13.6. The highest BCUT2D eigenvalue weighted by Crippen LogP contribution is 2.45. The highest BCUT2D eigenvalue weighted by atomic mass is 35.5. The summed E-state index contributed by atoms with van der Waals surface area (Å²) in [5, 5.41) is 9.74. The lowest BCUT2D eigenvalue weighted by atomic mass is 9.79. The van der Waals surface area contributed by atoms with E-state index in [-0.39, 0.29) is 5.54 Å². The summed E-state index contributed by atoms with van der Waals surface area (Å²) in [4.78, 5) is 2.47. The van der Waals surface area contributed by atoms with Crippen molar-refractivity contribution in [2.45, 2.75) is 58.4 Å². The molecule has 1 aromatic rings. The molecule has 1 heterocycles. The maximum Gasteiger partial charge on any atom is 0.101 e. The minimum Gasteiger partial charge on any atom is -0.366 e. The molecule has 3 heteroatoms. The van der Waals surface area contributed by atoms with Crippen LogP contribution in [0.25, 0.3) is 0 Å². The van der Waals surface area contributed by atoms with E-state index in [9.17, 15) is 0 Å². The summed E-state index contributed by atoms with van der Waals surface area (Å²) in [5.74, 6) is 0.460. The lowest BCUT2D eigenvalue weighted by Gasteiger charge is -2.47. The van der Waals surface area contributed by atoms with E-state index >= 15 is 0 Å². The van der Waals surface area contributed by atoms with E-state index < -0.39 is 0 Å². The molecule has 0 bridgehead atoms. The molecule has 0 N–H and O–H groups in total. The van der Waals surface area contributed by atoms with Crippen LogP contribution in [0.5, 0.6) is 0 Å². The van der Waals surface area contributed by atoms with Crippen molar-refractivity contribution in [1.82, 2.24) is 0 Å². The van der Waals surface area contributed by atoms with Crippen LogP contribution in [0.1, 0.15) is 64.0 Å². The summed E-state index contributed by atoms with van der Waals surface area (Å²) in [6.45, 7) is 10.1. The van der Waals surface area contributed by atoms with Gasteiger partial charge in [0.1, 0.15) is 6.07 Å². The molecule has 1 aliphatic rings. The molecule has 0 fully saturated rings. The number of hydrogen-bond acceptors (Lipinski definition) is 2. The second-order valence-electron chi connectivity index (χ2n) is 6.43. The quantitative estimate of drug-likeness (QED) is 0.774. The minimum absolute atomic E-state index is 0.138. The van der Waals surface area contributed by atoms with Crippen LogP contribution < -0.4 is 4.90 Å². The number of fused-ring (bicyclic) bond motifs is 1. The average Bonchev–Trinajstić information content (AvgIpc) is 2.37. The van der Waals surface area contributed by atoms with Gasteiger partial charge in [0.05, 0.1) is 10.6 Å². The molecule has 0 amide bonds. The first-order valence-corrected chi connectivity index (χ1v) is 7.79. The Morgan fingerprint density at radius 2 is 2.15 bits per heavy atom. The molecule has 1 aromatic carbocycles. The summed E-state index contributed by atoms with van der Waals surface area (Å²) in [5.41, 5.74) is 3.21. The number of anilines is 1. The van der Waals surface area contributed by atoms with Crippen molar-refractivity contribution in [2.75, 3.05) is 11.4 Å². The largest absolute Gasteiger partial charge is 0.366 e. The van der Waals surface area contributed by atoms with E-state index in [1.807, 2.05) is 12.1 Å². The van der Waals surface area contributed by atoms with E-state index in [0.29, 0.717) is 16.5 Å². The third kappa shape index (κ3) is 2.65. The van der Waals surface area contributed by atoms with Crippen LogP contribution in [0.15, 0.2) is 12.1 Å². The SMILES string of the molecule is CCCCN1c2cc(Cl)c(C#N)cc2C(C)CC1(C)C. The molecule has 0 spiro atoms. The van der Waals surface area contributed by atoms with Crippen LogP contribution in [-0.2, 0) is 0 Å². The first-order valence-electron chi connectivity index (χ1n) is 7.42. The summed E-state index contributed by atoms with van der Waals surface area (Å²) in [7, 11) is 0. The fourth-order valence-electron chi connectivity index (χ4n) is 3.33. The summed E-state index contributed by atoms with van der Waals surface area (Å²) in [6, 6.07) is 6.17. The van der Waals surface area contributed by atoms with Gasteiger partial charge >= 0.3 is 0 Å². The lowest BCUT2D eigenvalue weighted by Crippen LogP contribution is -2.48. The third-order valence-corrected chi connectivity index (χ3v) is 4.64. The van der Waals surface area contributed by atoms with Crippen molar-refractivity contribution in [3.05, 3.63) is 28.3 Å². The van der Waals surface area contributed by atoms with Crippen LogP contribution in [0.2, 0.25) is 5.02 Å². The Hall–Kier alpha value is -1.20. The molecular formula is C17H23ClN2. The van der Waals surface area contributed by atoms with Gasteiger partial charge in [0, 0.05) is 17.8 Å². The number of unbranched alkanes of at least 4 members (excludes halogenated alkanes) is 1. The number of nitrogens with zero attached hydrogens (tertiary/aromatic N) is 2. The molecule has 2 rings (SSSR count). The Labute approximate surface area is 127 Å². The van der Waals surface area contributed by atoms with Crippen molar-refractivity contribution in [3.8, 4) is 6.07 Å². The molecule has 2 nitrogen and oxygen atoms in total. The molecule has 0 radical (unpaired) electrons. The fraction of sp³-hybridized carbons (Fsp3) is 0.588. The van der Waals surface area contributed by atoms with Crippen LogP contribution in [0.4, 0.5) is 5.69 Å². The van der Waals surface area contributed by atoms with Crippen LogP contribution >= 0.6 is 11.6 Å². The van der Waals surface area contributed by atoms with E-state index in [1.165, 1.54) is 24.1 Å². The predicted molar refractivity (Wildman–Crippen MR) is 85.5 cm³/mol. The first-order chi connectivity index (χ1) is 9.40. The smallest absolute Gasteiger partial charge is 0.101 e. The van der Waals surface area contributed by atoms with Crippen molar-refractivity contribution in [1.29, 1.82) is 5.26 Å². The monoisotopic (exact) mass is 290 g/mol. The molecule has 0 saturated carbocycles. The number of benzene rings is 1. The van der Waals surface area contributed by atoms with Gasteiger partial charge in [-0.25, -0.2) is 0 Å². The zero-order chi connectivity index (χ0) is 14.9. The van der Waals surface area contributed by atoms with E-state index in [0.717, 1.165) is 13.0 Å². The van der Waals surface area contributed by atoms with Gasteiger partial charge in [-0.3, -0.25) is 0 Å². The van der Waals surface area contributed by atoms with Crippen molar-refractivity contribution in [3.63, 3.8) is 0 Å². The molecule has 1 unspecified atom stereocenters. The fourth-order valence-corrected chi connectivity index (χ4v) is 3.53. The van der Waals surface area contributed by atoms with Gasteiger partial charge in [-0.2, -0.15) is 5.26 Å². The van der Waals surface area contributed by atoms with Gasteiger partial charge in [-0.1, -0.05) is 31.9 Å². The molecule has 0 saturated heterocycles. The van der Waals surface area contributed by atoms with E-state index in [1.54, 1.807) is 0 Å². The normalized spacial score (nSPS) is 20.4. The van der Waals surface area contributed by atoms with Gasteiger partial charge < -0.3 is 4.90 Å². The zero-order valence-electron chi connectivity index (χ0n) is 12.8. The van der Waals surface area contributed by atoms with Gasteiger partial charge in [0.2, 0.25) is 0 Å². The number of nitriles is 1. The van der Waals surface area contributed by atoms with Crippen LogP contribution in [0, 0.1) is 11.3 Å². The molecule has 0 aliphatic carbocycles. The van der Waals surface area contributed by atoms with Gasteiger partial charge in [0.15, 0.2) is 0 Å². The molecule has 0 aromatic heterocycles. The van der Waals surface area contributed by atoms with E-state index in [4.69, 9.17) is 16.9 Å². The molecule has 20 heavy (non-hydrogen) atoms. The summed E-state index contributed by atoms with van der Waals surface area (Å²) in [6.07, 6.45) is 3.46. The third-order valence-electron chi connectivity index (χ3n) is 4.33. The molecule has 1 atom stereocenters. The van der Waals surface area contributed by atoms with Crippen LogP contribution in [-0.4, -0.2) is 12.1 Å². The molecular weight excluding hydrogens is 268 g/mol. The minimum atomic E-state index is 0.138. The molecule has 1 aliphatic heterocycles. The summed E-state index contributed by atoms with van der Waals surface area (Å²) < 4.78 is 0. The van der Waals surface area contributed by atoms with Gasteiger partial charge in [0.25, 0.3) is 0 Å². The Morgan fingerprint density at radius 1 is 1.45 bits per heavy atom. The van der Waals surface area contributed by atoms with Gasteiger partial charge in [-0.05, 0) is 50.3 Å². The molecule has 108 valence electrons. The van der Waals surface area contributed by atoms with Crippen molar-refractivity contribution in [2.24, 2.45) is 0 Å². The number of hydrogen-bond donors (Lipinski definition) is 0. The Bertz CT molecular complexity index is 543. The highest BCUT2D eigenvalue weighted by Gasteiger charge is 2.36. The van der Waals surface area contributed by atoms with E-state index in [2.05, 4.69) is 38.7 Å². The number of rotatable bonds is 3. The standard InChI is InChI=1S/C17H23ClN2/c1-5-6-7-20-16-9-15(18)13(11-19)8-14(16)12(2)10-17(20,3)4/h8-9,12H,5-7,10H2,1-4H3. The average molecular weight is 291 g/mol. The van der Waals surface area contributed by atoms with Crippen LogP contribution in [0.3, 0.4) is 0 Å².